The van der Waals surface area contributed by atoms with Crippen molar-refractivity contribution in [2.45, 2.75) is 47.0 Å². The van der Waals surface area contributed by atoms with E-state index in [1.165, 1.54) is 0 Å². The van der Waals surface area contributed by atoms with Gasteiger partial charge >= 0.3 is 0 Å². The number of hydrogen-bond donors (Lipinski definition) is 1. The van der Waals surface area contributed by atoms with Crippen molar-refractivity contribution in [2.24, 2.45) is 0 Å². The van der Waals surface area contributed by atoms with Crippen LogP contribution in [0.3, 0.4) is 0 Å². The highest BCUT2D eigenvalue weighted by atomic mass is 16.5. The van der Waals surface area contributed by atoms with Crippen molar-refractivity contribution in [3.05, 3.63) is 58.0 Å². The van der Waals surface area contributed by atoms with Crippen LogP contribution >= 0.6 is 0 Å². The van der Waals surface area contributed by atoms with Crippen molar-refractivity contribution in [3.8, 4) is 11.5 Å². The van der Waals surface area contributed by atoms with E-state index < -0.39 is 0 Å². The van der Waals surface area contributed by atoms with E-state index >= 15 is 0 Å². The lowest BCUT2D eigenvalue weighted by molar-refractivity contribution is -0.121. The minimum Gasteiger partial charge on any atom is -0.497 e. The molecule has 178 valence electrons. The molecule has 4 aromatic rings. The van der Waals surface area contributed by atoms with E-state index in [2.05, 4.69) is 23.3 Å². The molecule has 0 aliphatic heterocycles. The zero-order valence-corrected chi connectivity index (χ0v) is 20.7. The number of aryl methyl sites for hydroxylation is 4. The molecular weight excluding hydrogens is 430 g/mol. The second-order valence-electron chi connectivity index (χ2n) is 8.55. The molecule has 34 heavy (non-hydrogen) atoms. The van der Waals surface area contributed by atoms with E-state index in [1.807, 2.05) is 43.5 Å². The van der Waals surface area contributed by atoms with Gasteiger partial charge in [0, 0.05) is 36.1 Å². The Labute approximate surface area is 199 Å². The molecule has 8 nitrogen and oxygen atoms in total. The molecule has 0 saturated carbocycles. The molecule has 0 spiro atoms. The van der Waals surface area contributed by atoms with Gasteiger partial charge < -0.3 is 14.8 Å². The lowest BCUT2D eigenvalue weighted by Gasteiger charge is -2.12. The first-order valence-electron chi connectivity index (χ1n) is 11.4. The minimum absolute atomic E-state index is 0.00476. The van der Waals surface area contributed by atoms with Crippen LogP contribution in [0.2, 0.25) is 0 Å². The van der Waals surface area contributed by atoms with Crippen LogP contribution < -0.4 is 14.8 Å². The number of rotatable bonds is 8. The van der Waals surface area contributed by atoms with Gasteiger partial charge in [-0.15, -0.1) is 5.10 Å². The Morgan fingerprint density at radius 3 is 2.56 bits per heavy atom. The maximum atomic E-state index is 12.6. The van der Waals surface area contributed by atoms with Gasteiger partial charge in [0.1, 0.15) is 11.5 Å². The molecule has 0 aliphatic carbocycles. The van der Waals surface area contributed by atoms with E-state index in [0.29, 0.717) is 31.5 Å². The molecule has 0 radical (unpaired) electrons. The van der Waals surface area contributed by atoms with Crippen molar-refractivity contribution in [3.63, 3.8) is 0 Å². The standard InChI is InChI=1S/C26H31N5O3/c1-15-13-16(2)28-25-24(15)26-29-17(3)21(18(4)31(26)30-25)9-10-23(32)27-12-11-19-7-8-20(33-5)14-22(19)34-6/h7-8,13-14H,9-12H2,1-6H3,(H,27,32). The Hall–Kier alpha value is -3.68. The Balaban J connectivity index is 1.43. The number of pyridine rings is 1. The molecular formula is C26H31N5O3. The number of nitrogens with zero attached hydrogens (tertiary/aromatic N) is 4. The first-order chi connectivity index (χ1) is 16.3. The number of aromatic nitrogens is 4. The van der Waals surface area contributed by atoms with Crippen molar-refractivity contribution >= 4 is 22.6 Å². The van der Waals surface area contributed by atoms with Crippen LogP contribution in [0.5, 0.6) is 11.5 Å². The van der Waals surface area contributed by atoms with Crippen LogP contribution in [0, 0.1) is 27.7 Å². The minimum atomic E-state index is 0.00476. The van der Waals surface area contributed by atoms with Crippen molar-refractivity contribution in [1.29, 1.82) is 0 Å². The summed E-state index contributed by atoms with van der Waals surface area (Å²) in [6.45, 7) is 8.58. The number of benzene rings is 1. The highest BCUT2D eigenvalue weighted by Gasteiger charge is 2.17. The monoisotopic (exact) mass is 461 g/mol. The molecule has 0 saturated heterocycles. The molecule has 1 aromatic carbocycles. The lowest BCUT2D eigenvalue weighted by atomic mass is 10.1. The van der Waals surface area contributed by atoms with Crippen molar-refractivity contribution in [1.82, 2.24) is 24.9 Å². The Bertz CT molecular complexity index is 1380. The number of methoxy groups -OCH3 is 2. The zero-order valence-electron chi connectivity index (χ0n) is 20.7. The Morgan fingerprint density at radius 1 is 1.03 bits per heavy atom. The fourth-order valence-electron chi connectivity index (χ4n) is 4.45. The fraction of sp³-hybridized carbons (Fsp3) is 0.385. The van der Waals surface area contributed by atoms with Crippen LogP contribution in [0.15, 0.2) is 24.3 Å². The summed E-state index contributed by atoms with van der Waals surface area (Å²) in [5.74, 6) is 1.50. The zero-order chi connectivity index (χ0) is 24.4. The van der Waals surface area contributed by atoms with Crippen molar-refractivity contribution < 1.29 is 14.3 Å². The molecule has 0 unspecified atom stereocenters. The smallest absolute Gasteiger partial charge is 0.220 e. The van der Waals surface area contributed by atoms with Crippen LogP contribution in [0.1, 0.15) is 40.2 Å². The summed E-state index contributed by atoms with van der Waals surface area (Å²) in [6, 6.07) is 7.76. The van der Waals surface area contributed by atoms with Gasteiger partial charge in [0.2, 0.25) is 5.91 Å². The van der Waals surface area contributed by atoms with Crippen LogP contribution in [0.25, 0.3) is 16.7 Å². The van der Waals surface area contributed by atoms with Crippen LogP contribution in [-0.2, 0) is 17.6 Å². The number of hydrogen-bond acceptors (Lipinski definition) is 6. The molecule has 3 heterocycles. The molecule has 4 rings (SSSR count). The maximum Gasteiger partial charge on any atom is 0.220 e. The quantitative estimate of drug-likeness (QED) is 0.429. The summed E-state index contributed by atoms with van der Waals surface area (Å²) in [4.78, 5) is 22.0. The summed E-state index contributed by atoms with van der Waals surface area (Å²) in [7, 11) is 3.26. The summed E-state index contributed by atoms with van der Waals surface area (Å²) < 4.78 is 12.5. The van der Waals surface area contributed by atoms with Gasteiger partial charge in [-0.3, -0.25) is 4.79 Å². The SMILES string of the molecule is COc1ccc(CCNC(=O)CCc2c(C)nc3c4c(C)cc(C)nc4nn3c2C)c(OC)c1. The molecule has 1 N–H and O–H groups in total. The highest BCUT2D eigenvalue weighted by molar-refractivity contribution is 5.93. The van der Waals surface area contributed by atoms with E-state index in [1.54, 1.807) is 14.2 Å². The fourth-order valence-corrected chi connectivity index (χ4v) is 4.45. The molecule has 0 bridgehead atoms. The van der Waals surface area contributed by atoms with E-state index in [4.69, 9.17) is 19.6 Å². The third kappa shape index (κ3) is 4.53. The van der Waals surface area contributed by atoms with Gasteiger partial charge in [0.15, 0.2) is 11.3 Å². The van der Waals surface area contributed by atoms with E-state index in [-0.39, 0.29) is 5.91 Å². The number of amides is 1. The Kier molecular flexibility index (Phi) is 6.68. The average molecular weight is 462 g/mol. The number of carbonyl (C=O) groups is 1. The summed E-state index contributed by atoms with van der Waals surface area (Å²) in [6.07, 6.45) is 1.65. The number of carbonyl (C=O) groups excluding carboxylic acids is 1. The molecule has 0 fully saturated rings. The highest BCUT2D eigenvalue weighted by Crippen LogP contribution is 2.26. The summed E-state index contributed by atoms with van der Waals surface area (Å²) in [5.41, 5.74) is 7.55. The lowest BCUT2D eigenvalue weighted by Crippen LogP contribution is -2.26. The van der Waals surface area contributed by atoms with E-state index in [0.717, 1.165) is 56.3 Å². The van der Waals surface area contributed by atoms with Gasteiger partial charge in [-0.1, -0.05) is 6.07 Å². The molecule has 3 aromatic heterocycles. The van der Waals surface area contributed by atoms with Gasteiger partial charge in [-0.05, 0) is 69.4 Å². The summed E-state index contributed by atoms with van der Waals surface area (Å²) in [5, 5.41) is 8.69. The number of ether oxygens (including phenoxy) is 2. The molecule has 0 atom stereocenters. The molecule has 1 amide bonds. The first-order valence-corrected chi connectivity index (χ1v) is 11.4. The van der Waals surface area contributed by atoms with Crippen LogP contribution in [-0.4, -0.2) is 46.3 Å². The number of fused-ring (bicyclic) bond motifs is 3. The normalized spacial score (nSPS) is 11.2. The van der Waals surface area contributed by atoms with Gasteiger partial charge in [0.05, 0.1) is 19.6 Å². The van der Waals surface area contributed by atoms with Gasteiger partial charge in [0.25, 0.3) is 0 Å². The number of nitrogens with one attached hydrogen (secondary N) is 1. The third-order valence-corrected chi connectivity index (χ3v) is 6.22. The predicted molar refractivity (Wildman–Crippen MR) is 132 cm³/mol. The third-order valence-electron chi connectivity index (χ3n) is 6.22. The van der Waals surface area contributed by atoms with Gasteiger partial charge in [-0.2, -0.15) is 0 Å². The summed E-state index contributed by atoms with van der Waals surface area (Å²) >= 11 is 0. The van der Waals surface area contributed by atoms with Crippen LogP contribution in [0.4, 0.5) is 0 Å². The van der Waals surface area contributed by atoms with Crippen molar-refractivity contribution in [2.75, 3.05) is 20.8 Å². The predicted octanol–water partition coefficient (Wildman–Crippen LogP) is 3.82. The second-order valence-corrected chi connectivity index (χ2v) is 8.55. The van der Waals surface area contributed by atoms with E-state index in [9.17, 15) is 4.79 Å². The average Bonchev–Trinajstić information content (AvgIpc) is 3.17. The molecule has 0 aliphatic rings. The maximum absolute atomic E-state index is 12.6. The Morgan fingerprint density at radius 2 is 1.82 bits per heavy atom. The first kappa shape index (κ1) is 23.5. The molecule has 8 heteroatoms. The topological polar surface area (TPSA) is 90.6 Å². The largest absolute Gasteiger partial charge is 0.497 e. The van der Waals surface area contributed by atoms with Gasteiger partial charge in [-0.25, -0.2) is 14.5 Å². The second kappa shape index (κ2) is 9.67.